The SMILES string of the molecule is c1cc(-c2nn[nH]n2)c2nc[nH]c2c1. The molecule has 2 N–H and O–H groups in total. The fourth-order valence-electron chi connectivity index (χ4n) is 1.42. The van der Waals surface area contributed by atoms with Crippen LogP contribution in [0.2, 0.25) is 0 Å². The molecule has 0 amide bonds. The maximum absolute atomic E-state index is 4.20. The second kappa shape index (κ2) is 2.63. The summed E-state index contributed by atoms with van der Waals surface area (Å²) < 4.78 is 0. The lowest BCUT2D eigenvalue weighted by atomic mass is 10.2. The molecule has 1 aromatic carbocycles. The zero-order valence-corrected chi connectivity index (χ0v) is 7.10. The van der Waals surface area contributed by atoms with Crippen molar-refractivity contribution < 1.29 is 0 Å². The van der Waals surface area contributed by atoms with Gasteiger partial charge in [0.25, 0.3) is 0 Å². The van der Waals surface area contributed by atoms with Crippen molar-refractivity contribution in [2.24, 2.45) is 0 Å². The zero-order chi connectivity index (χ0) is 9.38. The van der Waals surface area contributed by atoms with Crippen LogP contribution in [0, 0.1) is 0 Å². The summed E-state index contributed by atoms with van der Waals surface area (Å²) in [6.07, 6.45) is 1.65. The Hall–Kier alpha value is -2.24. The molecule has 3 rings (SSSR count). The van der Waals surface area contributed by atoms with E-state index in [1.807, 2.05) is 18.2 Å². The van der Waals surface area contributed by atoms with Crippen LogP contribution in [0.15, 0.2) is 24.5 Å². The van der Waals surface area contributed by atoms with Crippen molar-refractivity contribution in [2.75, 3.05) is 0 Å². The van der Waals surface area contributed by atoms with Crippen LogP contribution in [-0.4, -0.2) is 30.6 Å². The van der Waals surface area contributed by atoms with E-state index in [0.717, 1.165) is 16.6 Å². The van der Waals surface area contributed by atoms with E-state index >= 15 is 0 Å². The second-order valence-corrected chi connectivity index (χ2v) is 2.84. The van der Waals surface area contributed by atoms with Crippen LogP contribution in [-0.2, 0) is 0 Å². The van der Waals surface area contributed by atoms with E-state index in [2.05, 4.69) is 30.6 Å². The van der Waals surface area contributed by atoms with E-state index in [9.17, 15) is 0 Å². The Morgan fingerprint density at radius 1 is 1.21 bits per heavy atom. The van der Waals surface area contributed by atoms with Crippen molar-refractivity contribution in [3.05, 3.63) is 24.5 Å². The number of nitrogens with zero attached hydrogens (tertiary/aromatic N) is 4. The van der Waals surface area contributed by atoms with Gasteiger partial charge in [0.05, 0.1) is 22.9 Å². The third kappa shape index (κ3) is 0.905. The molecule has 0 radical (unpaired) electrons. The minimum Gasteiger partial charge on any atom is -0.345 e. The number of fused-ring (bicyclic) bond motifs is 1. The largest absolute Gasteiger partial charge is 0.345 e. The molecule has 0 saturated heterocycles. The highest BCUT2D eigenvalue weighted by atomic mass is 15.5. The molecule has 0 spiro atoms. The Morgan fingerprint density at radius 2 is 2.21 bits per heavy atom. The van der Waals surface area contributed by atoms with E-state index in [-0.39, 0.29) is 0 Å². The molecule has 0 aliphatic carbocycles. The first-order chi connectivity index (χ1) is 6.95. The lowest BCUT2D eigenvalue weighted by molar-refractivity contribution is 0.881. The summed E-state index contributed by atoms with van der Waals surface area (Å²) in [6, 6.07) is 5.78. The van der Waals surface area contributed by atoms with Gasteiger partial charge in [0.1, 0.15) is 0 Å². The monoisotopic (exact) mass is 186 g/mol. The normalized spacial score (nSPS) is 10.9. The highest BCUT2D eigenvalue weighted by Gasteiger charge is 2.08. The summed E-state index contributed by atoms with van der Waals surface area (Å²) in [6.45, 7) is 0. The van der Waals surface area contributed by atoms with Crippen molar-refractivity contribution >= 4 is 11.0 Å². The summed E-state index contributed by atoms with van der Waals surface area (Å²) in [4.78, 5) is 7.22. The smallest absolute Gasteiger partial charge is 0.206 e. The highest BCUT2D eigenvalue weighted by Crippen LogP contribution is 2.21. The number of hydrogen-bond acceptors (Lipinski definition) is 4. The van der Waals surface area contributed by atoms with Gasteiger partial charge in [0.15, 0.2) is 0 Å². The van der Waals surface area contributed by atoms with Crippen molar-refractivity contribution in [2.45, 2.75) is 0 Å². The lowest BCUT2D eigenvalue weighted by Gasteiger charge is -1.94. The van der Waals surface area contributed by atoms with Gasteiger partial charge in [-0.1, -0.05) is 6.07 Å². The number of hydrogen-bond donors (Lipinski definition) is 2. The first kappa shape index (κ1) is 7.19. The maximum atomic E-state index is 4.20. The van der Waals surface area contributed by atoms with E-state index in [1.165, 1.54) is 0 Å². The Bertz CT molecular complexity index is 552. The van der Waals surface area contributed by atoms with Crippen molar-refractivity contribution in [1.29, 1.82) is 0 Å². The predicted molar refractivity (Wildman–Crippen MR) is 49.3 cm³/mol. The number of aromatic amines is 2. The number of nitrogens with one attached hydrogen (secondary N) is 2. The van der Waals surface area contributed by atoms with Gasteiger partial charge in [-0.25, -0.2) is 4.98 Å². The number of tetrazole rings is 1. The number of imidazole rings is 1. The van der Waals surface area contributed by atoms with E-state index < -0.39 is 0 Å². The number of rotatable bonds is 1. The number of para-hydroxylation sites is 1. The fraction of sp³-hybridized carbons (Fsp3) is 0. The van der Waals surface area contributed by atoms with Gasteiger partial charge in [-0.2, -0.15) is 5.21 Å². The van der Waals surface area contributed by atoms with Crippen LogP contribution in [0.5, 0.6) is 0 Å². The van der Waals surface area contributed by atoms with E-state index in [1.54, 1.807) is 6.33 Å². The number of benzene rings is 1. The van der Waals surface area contributed by atoms with Gasteiger partial charge in [-0.3, -0.25) is 0 Å². The molecule has 6 nitrogen and oxygen atoms in total. The molecule has 0 atom stereocenters. The van der Waals surface area contributed by atoms with Crippen molar-refractivity contribution in [3.8, 4) is 11.4 Å². The maximum Gasteiger partial charge on any atom is 0.206 e. The molecule has 0 unspecified atom stereocenters. The van der Waals surface area contributed by atoms with Gasteiger partial charge >= 0.3 is 0 Å². The molecule has 0 fully saturated rings. The average molecular weight is 186 g/mol. The third-order valence-electron chi connectivity index (χ3n) is 2.04. The zero-order valence-electron chi connectivity index (χ0n) is 7.10. The standard InChI is InChI=1S/C8H6N6/c1-2-5(8-11-13-14-12-8)7-6(3-1)9-4-10-7/h1-4H,(H,9,10)(H,11,12,13,14). The molecule has 3 aromatic rings. The van der Waals surface area contributed by atoms with Gasteiger partial charge in [0, 0.05) is 0 Å². The third-order valence-corrected chi connectivity index (χ3v) is 2.04. The summed E-state index contributed by atoms with van der Waals surface area (Å²) in [5.74, 6) is 0.558. The predicted octanol–water partition coefficient (Wildman–Crippen LogP) is 0.743. The fourth-order valence-corrected chi connectivity index (χ4v) is 1.42. The molecule has 0 aliphatic rings. The summed E-state index contributed by atoms with van der Waals surface area (Å²) >= 11 is 0. The average Bonchev–Trinajstić information content (AvgIpc) is 2.88. The van der Waals surface area contributed by atoms with E-state index in [0.29, 0.717) is 5.82 Å². The van der Waals surface area contributed by atoms with Crippen LogP contribution in [0.25, 0.3) is 22.4 Å². The van der Waals surface area contributed by atoms with Crippen LogP contribution >= 0.6 is 0 Å². The van der Waals surface area contributed by atoms with Crippen molar-refractivity contribution in [1.82, 2.24) is 30.6 Å². The molecular formula is C8H6N6. The molecule has 6 heteroatoms. The van der Waals surface area contributed by atoms with Crippen molar-refractivity contribution in [3.63, 3.8) is 0 Å². The minimum atomic E-state index is 0.558. The molecular weight excluding hydrogens is 180 g/mol. The van der Waals surface area contributed by atoms with Crippen LogP contribution < -0.4 is 0 Å². The minimum absolute atomic E-state index is 0.558. The molecule has 0 aliphatic heterocycles. The van der Waals surface area contributed by atoms with E-state index in [4.69, 9.17) is 0 Å². The molecule has 2 heterocycles. The molecule has 2 aromatic heterocycles. The first-order valence-electron chi connectivity index (χ1n) is 4.11. The molecule has 0 bridgehead atoms. The first-order valence-corrected chi connectivity index (χ1v) is 4.11. The van der Waals surface area contributed by atoms with Gasteiger partial charge in [0.2, 0.25) is 5.82 Å². The molecule has 68 valence electrons. The number of aromatic nitrogens is 6. The van der Waals surface area contributed by atoms with Crippen LogP contribution in [0.1, 0.15) is 0 Å². The number of H-pyrrole nitrogens is 2. The quantitative estimate of drug-likeness (QED) is 0.587. The second-order valence-electron chi connectivity index (χ2n) is 2.84. The summed E-state index contributed by atoms with van der Waals surface area (Å²) in [5.41, 5.74) is 2.69. The van der Waals surface area contributed by atoms with Gasteiger partial charge in [-0.15, -0.1) is 10.2 Å². The molecule has 0 saturated carbocycles. The van der Waals surface area contributed by atoms with Crippen LogP contribution in [0.4, 0.5) is 0 Å². The van der Waals surface area contributed by atoms with Gasteiger partial charge < -0.3 is 4.98 Å². The molecule has 14 heavy (non-hydrogen) atoms. The lowest BCUT2D eigenvalue weighted by Crippen LogP contribution is -1.83. The summed E-state index contributed by atoms with van der Waals surface area (Å²) in [7, 11) is 0. The van der Waals surface area contributed by atoms with Gasteiger partial charge in [-0.05, 0) is 17.3 Å². The Labute approximate surface area is 78.4 Å². The summed E-state index contributed by atoms with van der Waals surface area (Å²) in [5, 5.41) is 13.8. The Kier molecular flexibility index (Phi) is 1.35. The topological polar surface area (TPSA) is 83.1 Å². The van der Waals surface area contributed by atoms with Crippen LogP contribution in [0.3, 0.4) is 0 Å². The Morgan fingerprint density at radius 3 is 3.07 bits per heavy atom. The Balaban J connectivity index is 2.36. The highest BCUT2D eigenvalue weighted by molar-refractivity contribution is 5.89.